The predicted octanol–water partition coefficient (Wildman–Crippen LogP) is 2.64. The summed E-state index contributed by atoms with van der Waals surface area (Å²) >= 11 is 0. The molecule has 0 radical (unpaired) electrons. The first-order valence-corrected chi connectivity index (χ1v) is 7.12. The van der Waals surface area contributed by atoms with E-state index in [1.54, 1.807) is 11.1 Å². The van der Waals surface area contributed by atoms with Crippen molar-refractivity contribution in [1.82, 2.24) is 5.32 Å². The van der Waals surface area contributed by atoms with E-state index in [2.05, 4.69) is 37.4 Å². The molecular weight excluding hydrogens is 220 g/mol. The van der Waals surface area contributed by atoms with Gasteiger partial charge in [-0.2, -0.15) is 0 Å². The molecule has 1 aromatic carbocycles. The summed E-state index contributed by atoms with van der Waals surface area (Å²) in [4.78, 5) is 0. The zero-order chi connectivity index (χ0) is 13.0. The molecule has 0 saturated heterocycles. The molecule has 1 aromatic rings. The number of benzene rings is 1. The fourth-order valence-electron chi connectivity index (χ4n) is 2.50. The Morgan fingerprint density at radius 2 is 2.00 bits per heavy atom. The van der Waals surface area contributed by atoms with Crippen molar-refractivity contribution in [2.75, 3.05) is 13.1 Å². The molecule has 1 aliphatic rings. The average Bonchev–Trinajstić information content (AvgIpc) is 2.82. The number of rotatable bonds is 6. The van der Waals surface area contributed by atoms with E-state index in [0.717, 1.165) is 26.1 Å². The number of aryl methyl sites for hydroxylation is 2. The van der Waals surface area contributed by atoms with Gasteiger partial charge in [-0.15, -0.1) is 0 Å². The summed E-state index contributed by atoms with van der Waals surface area (Å²) in [5.74, 6) is 0. The summed E-state index contributed by atoms with van der Waals surface area (Å²) in [6.07, 6.45) is 5.00. The molecule has 0 bridgehead atoms. The van der Waals surface area contributed by atoms with Gasteiger partial charge in [0.25, 0.3) is 0 Å². The fourth-order valence-corrected chi connectivity index (χ4v) is 2.50. The van der Waals surface area contributed by atoms with Gasteiger partial charge in [0.1, 0.15) is 0 Å². The highest BCUT2D eigenvalue weighted by Gasteiger charge is 2.14. The fraction of sp³-hybridized carbons (Fsp3) is 0.625. The average molecular weight is 246 g/mol. The summed E-state index contributed by atoms with van der Waals surface area (Å²) in [6, 6.07) is 6.96. The van der Waals surface area contributed by atoms with Crippen LogP contribution in [0.1, 0.15) is 43.4 Å². The van der Waals surface area contributed by atoms with Crippen molar-refractivity contribution in [3.05, 3.63) is 34.9 Å². The zero-order valence-electron chi connectivity index (χ0n) is 11.8. The Labute approximate surface area is 111 Å². The van der Waals surface area contributed by atoms with Crippen LogP contribution in [-0.4, -0.2) is 13.1 Å². The first-order chi connectivity index (χ1) is 8.61. The largest absolute Gasteiger partial charge is 0.330 e. The van der Waals surface area contributed by atoms with Gasteiger partial charge in [-0.25, -0.2) is 0 Å². The third-order valence-corrected chi connectivity index (χ3v) is 4.02. The van der Waals surface area contributed by atoms with Crippen molar-refractivity contribution in [2.45, 2.75) is 46.1 Å². The first kappa shape index (κ1) is 13.6. The van der Waals surface area contributed by atoms with Gasteiger partial charge in [0, 0.05) is 6.54 Å². The standard InChI is InChI=1S/C16H26N2/c1-16(2,12-17)8-9-18-11-13-6-7-14-4-3-5-15(14)10-13/h6-7,10,18H,3-5,8-9,11-12,17H2,1-2H3. The molecule has 0 unspecified atom stereocenters. The highest BCUT2D eigenvalue weighted by molar-refractivity contribution is 5.35. The monoisotopic (exact) mass is 246 g/mol. The Kier molecular flexibility index (Phi) is 4.41. The molecule has 2 rings (SSSR count). The minimum Gasteiger partial charge on any atom is -0.330 e. The Hall–Kier alpha value is -0.860. The SMILES string of the molecule is CC(C)(CN)CCNCc1ccc2c(c1)CCC2. The molecule has 3 N–H and O–H groups in total. The third kappa shape index (κ3) is 3.56. The van der Waals surface area contributed by atoms with E-state index in [1.165, 1.54) is 24.8 Å². The maximum atomic E-state index is 5.73. The van der Waals surface area contributed by atoms with Crippen molar-refractivity contribution >= 4 is 0 Å². The minimum absolute atomic E-state index is 0.255. The van der Waals surface area contributed by atoms with Crippen LogP contribution >= 0.6 is 0 Å². The Bertz CT molecular complexity index is 396. The van der Waals surface area contributed by atoms with Crippen molar-refractivity contribution in [3.8, 4) is 0 Å². The van der Waals surface area contributed by atoms with Crippen LogP contribution in [0.3, 0.4) is 0 Å². The lowest BCUT2D eigenvalue weighted by Crippen LogP contribution is -2.28. The molecule has 0 fully saturated rings. The summed E-state index contributed by atoms with van der Waals surface area (Å²) in [6.45, 7) is 7.23. The molecule has 0 aromatic heterocycles. The predicted molar refractivity (Wildman–Crippen MR) is 77.6 cm³/mol. The quantitative estimate of drug-likeness (QED) is 0.757. The van der Waals surface area contributed by atoms with Crippen LogP contribution in [0.5, 0.6) is 0 Å². The number of nitrogens with one attached hydrogen (secondary N) is 1. The highest BCUT2D eigenvalue weighted by Crippen LogP contribution is 2.22. The van der Waals surface area contributed by atoms with Gasteiger partial charge in [-0.05, 0) is 60.9 Å². The van der Waals surface area contributed by atoms with Gasteiger partial charge < -0.3 is 11.1 Å². The molecular formula is C16H26N2. The lowest BCUT2D eigenvalue weighted by Gasteiger charge is -2.22. The summed E-state index contributed by atoms with van der Waals surface area (Å²) in [5, 5.41) is 3.53. The zero-order valence-corrected chi connectivity index (χ0v) is 11.8. The van der Waals surface area contributed by atoms with Crippen LogP contribution in [-0.2, 0) is 19.4 Å². The Morgan fingerprint density at radius 3 is 2.78 bits per heavy atom. The van der Waals surface area contributed by atoms with Gasteiger partial charge in [0.2, 0.25) is 0 Å². The minimum atomic E-state index is 0.255. The molecule has 1 aliphatic carbocycles. The molecule has 0 spiro atoms. The molecule has 2 heteroatoms. The van der Waals surface area contributed by atoms with Crippen LogP contribution in [0.25, 0.3) is 0 Å². The Morgan fingerprint density at radius 1 is 1.22 bits per heavy atom. The first-order valence-electron chi connectivity index (χ1n) is 7.12. The Balaban J connectivity index is 1.77. The third-order valence-electron chi connectivity index (χ3n) is 4.02. The van der Waals surface area contributed by atoms with Crippen LogP contribution in [0.4, 0.5) is 0 Å². The lowest BCUT2D eigenvalue weighted by molar-refractivity contribution is 0.339. The molecule has 100 valence electrons. The maximum Gasteiger partial charge on any atom is 0.0205 e. The molecule has 18 heavy (non-hydrogen) atoms. The molecule has 0 atom stereocenters. The highest BCUT2D eigenvalue weighted by atomic mass is 14.8. The van der Waals surface area contributed by atoms with Crippen LogP contribution in [0.2, 0.25) is 0 Å². The molecule has 0 saturated carbocycles. The van der Waals surface area contributed by atoms with Gasteiger partial charge in [0.15, 0.2) is 0 Å². The topological polar surface area (TPSA) is 38.0 Å². The number of fused-ring (bicyclic) bond motifs is 1. The van der Waals surface area contributed by atoms with E-state index >= 15 is 0 Å². The van der Waals surface area contributed by atoms with Crippen molar-refractivity contribution in [1.29, 1.82) is 0 Å². The molecule has 2 nitrogen and oxygen atoms in total. The van der Waals surface area contributed by atoms with Crippen LogP contribution in [0.15, 0.2) is 18.2 Å². The van der Waals surface area contributed by atoms with Gasteiger partial charge in [-0.1, -0.05) is 32.0 Å². The second-order valence-corrected chi connectivity index (χ2v) is 6.25. The molecule has 0 amide bonds. The summed E-state index contributed by atoms with van der Waals surface area (Å²) in [5.41, 5.74) is 10.5. The van der Waals surface area contributed by atoms with E-state index in [4.69, 9.17) is 5.73 Å². The van der Waals surface area contributed by atoms with Crippen molar-refractivity contribution in [3.63, 3.8) is 0 Å². The van der Waals surface area contributed by atoms with E-state index < -0.39 is 0 Å². The van der Waals surface area contributed by atoms with Crippen molar-refractivity contribution < 1.29 is 0 Å². The van der Waals surface area contributed by atoms with E-state index in [9.17, 15) is 0 Å². The van der Waals surface area contributed by atoms with Gasteiger partial charge in [0.05, 0.1) is 0 Å². The second-order valence-electron chi connectivity index (χ2n) is 6.25. The van der Waals surface area contributed by atoms with Crippen LogP contribution in [0, 0.1) is 5.41 Å². The summed E-state index contributed by atoms with van der Waals surface area (Å²) in [7, 11) is 0. The van der Waals surface area contributed by atoms with Gasteiger partial charge >= 0.3 is 0 Å². The maximum absolute atomic E-state index is 5.73. The van der Waals surface area contributed by atoms with E-state index in [0.29, 0.717) is 0 Å². The normalized spacial score (nSPS) is 14.8. The second kappa shape index (κ2) is 5.85. The van der Waals surface area contributed by atoms with Crippen molar-refractivity contribution in [2.24, 2.45) is 11.1 Å². The van der Waals surface area contributed by atoms with E-state index in [-0.39, 0.29) is 5.41 Å². The van der Waals surface area contributed by atoms with Crippen LogP contribution < -0.4 is 11.1 Å². The smallest absolute Gasteiger partial charge is 0.0205 e. The number of hydrogen-bond donors (Lipinski definition) is 2. The molecule has 0 heterocycles. The number of hydrogen-bond acceptors (Lipinski definition) is 2. The molecule has 0 aliphatic heterocycles. The lowest BCUT2D eigenvalue weighted by atomic mass is 9.90. The van der Waals surface area contributed by atoms with E-state index in [1.807, 2.05) is 0 Å². The number of nitrogens with two attached hydrogens (primary N) is 1. The summed E-state index contributed by atoms with van der Waals surface area (Å²) < 4.78 is 0. The van der Waals surface area contributed by atoms with Gasteiger partial charge in [-0.3, -0.25) is 0 Å².